The number of imidazole rings is 1. The third kappa shape index (κ3) is 2.22. The molecule has 1 aliphatic heterocycles. The summed E-state index contributed by atoms with van der Waals surface area (Å²) in [7, 11) is 0. The molecule has 0 aliphatic carbocycles. The number of hydrogen-bond donors (Lipinski definition) is 1. The normalized spacial score (nSPS) is 20.4. The maximum absolute atomic E-state index is 6.01. The van der Waals surface area contributed by atoms with Gasteiger partial charge in [-0.25, -0.2) is 9.97 Å². The number of aromatic nitrogens is 3. The van der Waals surface area contributed by atoms with Crippen molar-refractivity contribution in [2.75, 3.05) is 6.54 Å². The number of hydrogen-bond acceptors (Lipinski definition) is 3. The first-order chi connectivity index (χ1) is 8.74. The van der Waals surface area contributed by atoms with Gasteiger partial charge < -0.3 is 5.32 Å². The SMILES string of the molecule is Cc1c(Cl)ncn2cc(C[C@@H]3CCCCN3)nc12. The Morgan fingerprint density at radius 1 is 1.50 bits per heavy atom. The van der Waals surface area contributed by atoms with Crippen molar-refractivity contribution in [3.8, 4) is 0 Å². The summed E-state index contributed by atoms with van der Waals surface area (Å²) in [6.07, 6.45) is 8.62. The van der Waals surface area contributed by atoms with Gasteiger partial charge in [0.15, 0.2) is 0 Å². The number of fused-ring (bicyclic) bond motifs is 1. The van der Waals surface area contributed by atoms with Crippen LogP contribution in [0.15, 0.2) is 12.5 Å². The summed E-state index contributed by atoms with van der Waals surface area (Å²) in [5.41, 5.74) is 2.98. The van der Waals surface area contributed by atoms with E-state index in [0.29, 0.717) is 11.2 Å². The molecular weight excluding hydrogens is 248 g/mol. The summed E-state index contributed by atoms with van der Waals surface area (Å²) in [6, 6.07) is 0.562. The van der Waals surface area contributed by atoms with Crippen LogP contribution in [0.2, 0.25) is 5.15 Å². The summed E-state index contributed by atoms with van der Waals surface area (Å²) in [6.45, 7) is 3.09. The van der Waals surface area contributed by atoms with Gasteiger partial charge >= 0.3 is 0 Å². The van der Waals surface area contributed by atoms with Gasteiger partial charge in [0.1, 0.15) is 17.1 Å². The minimum atomic E-state index is 0.537. The Bertz CT molecular complexity index is 557. The van der Waals surface area contributed by atoms with E-state index >= 15 is 0 Å². The molecule has 1 saturated heterocycles. The average Bonchev–Trinajstić information content (AvgIpc) is 2.79. The highest BCUT2D eigenvalue weighted by atomic mass is 35.5. The predicted octanol–water partition coefficient (Wildman–Crippen LogP) is 2.38. The standard InChI is InChI=1S/C13H17ClN4/c1-9-12(14)16-8-18-7-11(17-13(9)18)6-10-4-2-3-5-15-10/h7-8,10,15H,2-6H2,1H3/t10-/m0/s1. The maximum atomic E-state index is 6.01. The van der Waals surface area contributed by atoms with E-state index in [1.165, 1.54) is 19.3 Å². The maximum Gasteiger partial charge on any atom is 0.144 e. The van der Waals surface area contributed by atoms with Crippen molar-refractivity contribution in [1.29, 1.82) is 0 Å². The Morgan fingerprint density at radius 2 is 2.39 bits per heavy atom. The van der Waals surface area contributed by atoms with E-state index in [4.69, 9.17) is 11.6 Å². The van der Waals surface area contributed by atoms with Crippen LogP contribution in [0, 0.1) is 6.92 Å². The van der Waals surface area contributed by atoms with Crippen LogP contribution in [-0.4, -0.2) is 27.0 Å². The summed E-state index contributed by atoms with van der Waals surface area (Å²) in [4.78, 5) is 8.81. The number of aryl methyl sites for hydroxylation is 1. The minimum Gasteiger partial charge on any atom is -0.314 e. The van der Waals surface area contributed by atoms with Crippen LogP contribution in [0.25, 0.3) is 5.65 Å². The summed E-state index contributed by atoms with van der Waals surface area (Å²) in [5, 5.41) is 4.08. The summed E-state index contributed by atoms with van der Waals surface area (Å²) in [5.74, 6) is 0. The predicted molar refractivity (Wildman–Crippen MR) is 72.1 cm³/mol. The molecule has 4 nitrogen and oxygen atoms in total. The molecule has 1 atom stereocenters. The topological polar surface area (TPSA) is 42.2 Å². The molecule has 0 bridgehead atoms. The molecule has 0 aromatic carbocycles. The van der Waals surface area contributed by atoms with E-state index < -0.39 is 0 Å². The van der Waals surface area contributed by atoms with Crippen LogP contribution in [0.1, 0.15) is 30.5 Å². The van der Waals surface area contributed by atoms with Crippen LogP contribution in [0.3, 0.4) is 0 Å². The Morgan fingerprint density at radius 3 is 3.17 bits per heavy atom. The van der Waals surface area contributed by atoms with Crippen molar-refractivity contribution in [2.45, 2.75) is 38.6 Å². The first-order valence-electron chi connectivity index (χ1n) is 6.46. The molecule has 1 fully saturated rings. The van der Waals surface area contributed by atoms with Gasteiger partial charge in [-0.2, -0.15) is 0 Å². The Balaban J connectivity index is 1.86. The fraction of sp³-hybridized carbons (Fsp3) is 0.538. The van der Waals surface area contributed by atoms with Crippen molar-refractivity contribution >= 4 is 17.2 Å². The fourth-order valence-electron chi connectivity index (χ4n) is 2.56. The molecule has 0 saturated carbocycles. The number of rotatable bonds is 2. The Kier molecular flexibility index (Phi) is 3.22. The fourth-order valence-corrected chi connectivity index (χ4v) is 2.69. The molecule has 3 heterocycles. The summed E-state index contributed by atoms with van der Waals surface area (Å²) >= 11 is 6.01. The van der Waals surface area contributed by atoms with Crippen LogP contribution in [0.4, 0.5) is 0 Å². The monoisotopic (exact) mass is 264 g/mol. The van der Waals surface area contributed by atoms with E-state index in [9.17, 15) is 0 Å². The number of nitrogens with zero attached hydrogens (tertiary/aromatic N) is 3. The lowest BCUT2D eigenvalue weighted by Crippen LogP contribution is -2.35. The highest BCUT2D eigenvalue weighted by molar-refractivity contribution is 6.30. The van der Waals surface area contributed by atoms with Gasteiger partial charge in [0.25, 0.3) is 0 Å². The lowest BCUT2D eigenvalue weighted by atomic mass is 10.0. The van der Waals surface area contributed by atoms with Crippen LogP contribution >= 0.6 is 11.6 Å². The lowest BCUT2D eigenvalue weighted by Gasteiger charge is -2.22. The van der Waals surface area contributed by atoms with Gasteiger partial charge in [-0.15, -0.1) is 0 Å². The second kappa shape index (κ2) is 4.86. The molecule has 18 heavy (non-hydrogen) atoms. The molecule has 1 N–H and O–H groups in total. The molecular formula is C13H17ClN4. The molecule has 2 aromatic rings. The van der Waals surface area contributed by atoms with E-state index in [1.807, 2.05) is 11.3 Å². The van der Waals surface area contributed by atoms with Crippen LogP contribution < -0.4 is 5.32 Å². The molecule has 0 amide bonds. The largest absolute Gasteiger partial charge is 0.314 e. The second-order valence-electron chi connectivity index (χ2n) is 4.97. The number of nitrogens with one attached hydrogen (secondary N) is 1. The molecule has 1 aliphatic rings. The van der Waals surface area contributed by atoms with Gasteiger partial charge in [-0.1, -0.05) is 18.0 Å². The van der Waals surface area contributed by atoms with Gasteiger partial charge in [-0.05, 0) is 26.3 Å². The van der Waals surface area contributed by atoms with Crippen molar-refractivity contribution in [3.63, 3.8) is 0 Å². The van der Waals surface area contributed by atoms with E-state index in [1.54, 1.807) is 6.33 Å². The van der Waals surface area contributed by atoms with Gasteiger partial charge in [0.2, 0.25) is 0 Å². The first kappa shape index (κ1) is 11.9. The average molecular weight is 265 g/mol. The molecule has 0 spiro atoms. The number of halogens is 1. The Hall–Kier alpha value is -1.13. The van der Waals surface area contributed by atoms with Gasteiger partial charge in [0.05, 0.1) is 5.69 Å². The van der Waals surface area contributed by atoms with Crippen molar-refractivity contribution in [2.24, 2.45) is 0 Å². The smallest absolute Gasteiger partial charge is 0.144 e. The van der Waals surface area contributed by atoms with E-state index in [0.717, 1.165) is 29.9 Å². The third-order valence-electron chi connectivity index (χ3n) is 3.59. The zero-order chi connectivity index (χ0) is 12.5. The zero-order valence-corrected chi connectivity index (χ0v) is 11.2. The van der Waals surface area contributed by atoms with Gasteiger partial charge in [0, 0.05) is 24.2 Å². The van der Waals surface area contributed by atoms with Crippen LogP contribution in [0.5, 0.6) is 0 Å². The second-order valence-corrected chi connectivity index (χ2v) is 5.33. The molecule has 3 rings (SSSR count). The zero-order valence-electron chi connectivity index (χ0n) is 10.5. The first-order valence-corrected chi connectivity index (χ1v) is 6.84. The van der Waals surface area contributed by atoms with E-state index in [-0.39, 0.29) is 0 Å². The van der Waals surface area contributed by atoms with E-state index in [2.05, 4.69) is 21.5 Å². The summed E-state index contributed by atoms with van der Waals surface area (Å²) < 4.78 is 1.96. The highest BCUT2D eigenvalue weighted by Gasteiger charge is 2.15. The van der Waals surface area contributed by atoms with Crippen molar-refractivity contribution in [3.05, 3.63) is 28.9 Å². The van der Waals surface area contributed by atoms with Gasteiger partial charge in [-0.3, -0.25) is 4.40 Å². The third-order valence-corrected chi connectivity index (χ3v) is 3.97. The molecule has 5 heteroatoms. The minimum absolute atomic E-state index is 0.537. The Labute approximate surface area is 111 Å². The highest BCUT2D eigenvalue weighted by Crippen LogP contribution is 2.18. The molecule has 2 aromatic heterocycles. The molecule has 0 radical (unpaired) electrons. The van der Waals surface area contributed by atoms with Crippen molar-refractivity contribution < 1.29 is 0 Å². The molecule has 0 unspecified atom stereocenters. The number of piperidine rings is 1. The lowest BCUT2D eigenvalue weighted by molar-refractivity contribution is 0.397. The quantitative estimate of drug-likeness (QED) is 0.847. The molecule has 96 valence electrons. The van der Waals surface area contributed by atoms with Crippen molar-refractivity contribution in [1.82, 2.24) is 19.7 Å². The van der Waals surface area contributed by atoms with Crippen LogP contribution in [-0.2, 0) is 6.42 Å².